The molecule has 8 heteroatoms. The van der Waals surface area contributed by atoms with Crippen LogP contribution in [0.15, 0.2) is 59.1 Å². The number of primary amides is 1. The number of rotatable bonds is 6. The van der Waals surface area contributed by atoms with Gasteiger partial charge in [0.1, 0.15) is 11.4 Å². The van der Waals surface area contributed by atoms with Gasteiger partial charge in [0.05, 0.1) is 23.4 Å². The second-order valence-electron chi connectivity index (χ2n) is 7.03. The van der Waals surface area contributed by atoms with Gasteiger partial charge >= 0.3 is 0 Å². The van der Waals surface area contributed by atoms with E-state index >= 15 is 0 Å². The first kappa shape index (κ1) is 21.0. The van der Waals surface area contributed by atoms with Gasteiger partial charge in [-0.3, -0.25) is 4.79 Å². The van der Waals surface area contributed by atoms with Gasteiger partial charge in [-0.15, -0.1) is 0 Å². The molecule has 0 bridgehead atoms. The summed E-state index contributed by atoms with van der Waals surface area (Å²) in [6.45, 7) is 2.36. The zero-order chi connectivity index (χ0) is 22.1. The summed E-state index contributed by atoms with van der Waals surface area (Å²) in [5, 5.41) is 5.16. The van der Waals surface area contributed by atoms with Crippen LogP contribution in [0.4, 0.5) is 0 Å². The van der Waals surface area contributed by atoms with E-state index in [1.54, 1.807) is 37.4 Å². The molecule has 2 aromatic heterocycles. The highest BCUT2D eigenvalue weighted by atomic mass is 35.5. The van der Waals surface area contributed by atoms with Crippen LogP contribution in [-0.4, -0.2) is 22.7 Å². The van der Waals surface area contributed by atoms with E-state index in [1.807, 2.05) is 35.8 Å². The lowest BCUT2D eigenvalue weighted by Gasteiger charge is -2.11. The first-order chi connectivity index (χ1) is 14.9. The van der Waals surface area contributed by atoms with Crippen LogP contribution in [0.1, 0.15) is 21.6 Å². The summed E-state index contributed by atoms with van der Waals surface area (Å²) < 4.78 is 12.8. The van der Waals surface area contributed by atoms with Crippen molar-refractivity contribution in [1.29, 1.82) is 0 Å². The molecule has 0 aliphatic rings. The molecule has 0 saturated heterocycles. The van der Waals surface area contributed by atoms with E-state index in [1.165, 1.54) is 0 Å². The van der Waals surface area contributed by atoms with E-state index in [9.17, 15) is 4.79 Å². The Bertz CT molecular complexity index is 1260. The van der Waals surface area contributed by atoms with Gasteiger partial charge in [0.25, 0.3) is 5.91 Å². The molecule has 2 aromatic carbocycles. The Balaban J connectivity index is 1.76. The Morgan fingerprint density at radius 2 is 1.87 bits per heavy atom. The normalized spacial score (nSPS) is 11.0. The number of methoxy groups -OCH3 is 1. The molecule has 0 spiro atoms. The van der Waals surface area contributed by atoms with E-state index in [0.717, 1.165) is 17.0 Å². The van der Waals surface area contributed by atoms with Crippen LogP contribution in [0, 0.1) is 6.92 Å². The maximum atomic E-state index is 12.0. The topological polar surface area (TPSA) is 83.3 Å². The minimum Gasteiger partial charge on any atom is -0.497 e. The van der Waals surface area contributed by atoms with Gasteiger partial charge in [0, 0.05) is 28.9 Å². The van der Waals surface area contributed by atoms with Crippen molar-refractivity contribution in [3.05, 3.63) is 81.5 Å². The second kappa shape index (κ2) is 8.49. The quantitative estimate of drug-likeness (QED) is 0.411. The maximum absolute atomic E-state index is 12.0. The fraction of sp³-hybridized carbons (Fsp3) is 0.130. The molecule has 0 aliphatic heterocycles. The minimum absolute atomic E-state index is 0.422. The van der Waals surface area contributed by atoms with Crippen LogP contribution in [0.25, 0.3) is 22.7 Å². The third-order valence-electron chi connectivity index (χ3n) is 5.10. The smallest absolute Gasteiger partial charge is 0.250 e. The van der Waals surface area contributed by atoms with E-state index in [2.05, 4.69) is 5.16 Å². The molecule has 31 heavy (non-hydrogen) atoms. The zero-order valence-electron chi connectivity index (χ0n) is 16.9. The summed E-state index contributed by atoms with van der Waals surface area (Å²) in [4.78, 5) is 12.0. The van der Waals surface area contributed by atoms with Crippen LogP contribution in [-0.2, 0) is 6.54 Å². The second-order valence-corrected chi connectivity index (χ2v) is 7.87. The van der Waals surface area contributed by atoms with Crippen molar-refractivity contribution in [2.75, 3.05) is 7.11 Å². The summed E-state index contributed by atoms with van der Waals surface area (Å²) in [6.07, 6.45) is 0. The monoisotopic (exact) mass is 455 g/mol. The SMILES string of the molecule is COc1ccc(Cn2c(-c3cc(-c4ccc(Cl)cc4Cl)no3)cc(C(N)=O)c2C)cc1. The number of hydrogen-bond donors (Lipinski definition) is 1. The molecule has 2 heterocycles. The minimum atomic E-state index is -0.507. The zero-order valence-corrected chi connectivity index (χ0v) is 18.4. The molecule has 0 atom stereocenters. The summed E-state index contributed by atoms with van der Waals surface area (Å²) in [5.41, 5.74) is 9.72. The number of carbonyl (C=O) groups excluding carboxylic acids is 1. The highest BCUT2D eigenvalue weighted by Gasteiger charge is 2.21. The Morgan fingerprint density at radius 1 is 1.13 bits per heavy atom. The van der Waals surface area contributed by atoms with Crippen LogP contribution < -0.4 is 10.5 Å². The van der Waals surface area contributed by atoms with Gasteiger partial charge in [-0.25, -0.2) is 0 Å². The average molecular weight is 456 g/mol. The Hall–Kier alpha value is -3.22. The summed E-state index contributed by atoms with van der Waals surface area (Å²) in [6, 6.07) is 16.4. The van der Waals surface area contributed by atoms with Crippen LogP contribution >= 0.6 is 23.2 Å². The number of nitrogens with two attached hydrogens (primary N) is 1. The molecule has 4 rings (SSSR count). The van der Waals surface area contributed by atoms with E-state index in [0.29, 0.717) is 44.9 Å². The third-order valence-corrected chi connectivity index (χ3v) is 5.65. The van der Waals surface area contributed by atoms with Crippen molar-refractivity contribution < 1.29 is 14.1 Å². The summed E-state index contributed by atoms with van der Waals surface area (Å²) in [5.74, 6) is 0.753. The number of ether oxygens (including phenoxy) is 1. The predicted octanol–water partition coefficient (Wildman–Crippen LogP) is 5.58. The van der Waals surface area contributed by atoms with Crippen molar-refractivity contribution in [3.8, 4) is 28.5 Å². The first-order valence-corrected chi connectivity index (χ1v) is 10.2. The lowest BCUT2D eigenvalue weighted by molar-refractivity contribution is 0.0999. The molecule has 0 radical (unpaired) electrons. The fourth-order valence-corrected chi connectivity index (χ4v) is 3.94. The predicted molar refractivity (Wildman–Crippen MR) is 121 cm³/mol. The molecule has 0 aliphatic carbocycles. The lowest BCUT2D eigenvalue weighted by Crippen LogP contribution is -2.12. The maximum Gasteiger partial charge on any atom is 0.250 e. The third kappa shape index (κ3) is 4.17. The Labute approximate surface area is 189 Å². The standard InChI is InChI=1S/C23H19Cl2N3O3/c1-13-18(23(26)29)10-21(28(13)12-14-3-6-16(30-2)7-4-14)22-11-20(27-31-22)17-8-5-15(24)9-19(17)25/h3-11H,12H2,1-2H3,(H2,26,29). The number of halogens is 2. The molecule has 158 valence electrons. The lowest BCUT2D eigenvalue weighted by atomic mass is 10.1. The molecule has 6 nitrogen and oxygen atoms in total. The molecule has 0 saturated carbocycles. The van der Waals surface area contributed by atoms with Gasteiger partial charge in [0.2, 0.25) is 0 Å². The van der Waals surface area contributed by atoms with Crippen LogP contribution in [0.5, 0.6) is 5.75 Å². The highest BCUT2D eigenvalue weighted by molar-refractivity contribution is 6.36. The summed E-state index contributed by atoms with van der Waals surface area (Å²) >= 11 is 12.3. The van der Waals surface area contributed by atoms with Crippen LogP contribution in [0.2, 0.25) is 10.0 Å². The Morgan fingerprint density at radius 3 is 2.52 bits per heavy atom. The molecule has 0 fully saturated rings. The molecular weight excluding hydrogens is 437 g/mol. The largest absolute Gasteiger partial charge is 0.497 e. The van der Waals surface area contributed by atoms with Crippen molar-refractivity contribution >= 4 is 29.1 Å². The summed E-state index contributed by atoms with van der Waals surface area (Å²) in [7, 11) is 1.62. The number of hydrogen-bond acceptors (Lipinski definition) is 4. The van der Waals surface area contributed by atoms with Gasteiger partial charge in [0.15, 0.2) is 5.76 Å². The number of nitrogens with zero attached hydrogens (tertiary/aromatic N) is 2. The van der Waals surface area contributed by atoms with E-state index < -0.39 is 5.91 Å². The van der Waals surface area contributed by atoms with Gasteiger partial charge in [-0.2, -0.15) is 0 Å². The van der Waals surface area contributed by atoms with Crippen LogP contribution in [0.3, 0.4) is 0 Å². The molecule has 4 aromatic rings. The number of carbonyl (C=O) groups is 1. The number of amides is 1. The van der Waals surface area contributed by atoms with Crippen molar-refractivity contribution in [2.45, 2.75) is 13.5 Å². The molecular formula is C23H19Cl2N3O3. The highest BCUT2D eigenvalue weighted by Crippen LogP contribution is 2.34. The van der Waals surface area contributed by atoms with E-state index in [4.69, 9.17) is 38.2 Å². The first-order valence-electron chi connectivity index (χ1n) is 9.42. The van der Waals surface area contributed by atoms with Crippen molar-refractivity contribution in [3.63, 3.8) is 0 Å². The van der Waals surface area contributed by atoms with Gasteiger partial charge < -0.3 is 19.6 Å². The van der Waals surface area contributed by atoms with Gasteiger partial charge in [-0.05, 0) is 48.9 Å². The van der Waals surface area contributed by atoms with E-state index in [-0.39, 0.29) is 0 Å². The van der Waals surface area contributed by atoms with Crippen molar-refractivity contribution in [2.24, 2.45) is 5.73 Å². The Kier molecular flexibility index (Phi) is 5.76. The average Bonchev–Trinajstić information content (AvgIpc) is 3.34. The number of aromatic nitrogens is 2. The molecule has 2 N–H and O–H groups in total. The van der Waals surface area contributed by atoms with Crippen molar-refractivity contribution in [1.82, 2.24) is 9.72 Å². The molecule has 1 amide bonds. The van der Waals surface area contributed by atoms with Gasteiger partial charge in [-0.1, -0.05) is 40.5 Å². The molecule has 0 unspecified atom stereocenters. The fourth-order valence-electron chi connectivity index (χ4n) is 3.44. The number of benzene rings is 2.